The molecule has 0 bridgehead atoms. The number of carboxylic acid groups (broad SMARTS) is 1. The summed E-state index contributed by atoms with van der Waals surface area (Å²) in [5.41, 5.74) is -0.269. The molecule has 0 fully saturated rings. The van der Waals surface area contributed by atoms with E-state index in [0.717, 1.165) is 6.20 Å². The van der Waals surface area contributed by atoms with Crippen LogP contribution in [-0.4, -0.2) is 21.0 Å². The van der Waals surface area contributed by atoms with Crippen molar-refractivity contribution in [2.45, 2.75) is 0 Å². The number of nitro groups is 1. The average molecular weight is 194 g/mol. The molecule has 1 aromatic rings. The van der Waals surface area contributed by atoms with Crippen molar-refractivity contribution in [2.24, 2.45) is 0 Å². The number of hydrogen-bond donors (Lipinski definition) is 1. The van der Waals surface area contributed by atoms with Crippen LogP contribution < -0.4 is 0 Å². The second kappa shape index (κ2) is 3.65. The van der Waals surface area contributed by atoms with Gasteiger partial charge in [0, 0.05) is 6.07 Å². The zero-order chi connectivity index (χ0) is 10.7. The Morgan fingerprint density at radius 3 is 2.57 bits per heavy atom. The normalized spacial score (nSPS) is 9.43. The van der Waals surface area contributed by atoms with E-state index in [9.17, 15) is 14.9 Å². The maximum atomic E-state index is 10.4. The van der Waals surface area contributed by atoms with Crippen LogP contribution in [0.25, 0.3) is 5.57 Å². The van der Waals surface area contributed by atoms with E-state index in [2.05, 4.69) is 11.6 Å². The van der Waals surface area contributed by atoms with Gasteiger partial charge in [-0.3, -0.25) is 10.1 Å². The minimum absolute atomic E-state index is 0.114. The topological polar surface area (TPSA) is 93.3 Å². The summed E-state index contributed by atoms with van der Waals surface area (Å²) in [5.74, 6) is -1.20. The van der Waals surface area contributed by atoms with Gasteiger partial charge in [-0.05, 0) is 6.07 Å². The molecule has 6 heteroatoms. The van der Waals surface area contributed by atoms with Crippen molar-refractivity contribution in [3.63, 3.8) is 0 Å². The van der Waals surface area contributed by atoms with Crippen molar-refractivity contribution in [2.75, 3.05) is 0 Å². The van der Waals surface area contributed by atoms with Crippen molar-refractivity contribution in [1.82, 2.24) is 4.98 Å². The third-order valence-corrected chi connectivity index (χ3v) is 1.53. The summed E-state index contributed by atoms with van der Waals surface area (Å²) in [6, 6.07) is 2.42. The molecule has 0 amide bonds. The number of pyridine rings is 1. The molecule has 0 aliphatic rings. The molecule has 0 saturated heterocycles. The fourth-order valence-electron chi connectivity index (χ4n) is 0.782. The zero-order valence-corrected chi connectivity index (χ0v) is 7.01. The van der Waals surface area contributed by atoms with Crippen LogP contribution in [0.4, 0.5) is 5.69 Å². The number of nitrogens with zero attached hydrogens (tertiary/aromatic N) is 2. The Bertz CT molecular complexity index is 396. The highest BCUT2D eigenvalue weighted by atomic mass is 16.6. The van der Waals surface area contributed by atoms with Crippen LogP contribution in [-0.2, 0) is 4.79 Å². The summed E-state index contributed by atoms with van der Waals surface area (Å²) in [6.07, 6.45) is 0.990. The van der Waals surface area contributed by atoms with Crippen molar-refractivity contribution in [3.8, 4) is 0 Å². The van der Waals surface area contributed by atoms with Crippen LogP contribution in [0.2, 0.25) is 0 Å². The van der Waals surface area contributed by atoms with E-state index >= 15 is 0 Å². The zero-order valence-electron chi connectivity index (χ0n) is 7.01. The monoisotopic (exact) mass is 194 g/mol. The van der Waals surface area contributed by atoms with Gasteiger partial charge in [0.2, 0.25) is 0 Å². The molecule has 1 N–H and O–H groups in total. The van der Waals surface area contributed by atoms with Gasteiger partial charge in [-0.25, -0.2) is 9.78 Å². The lowest BCUT2D eigenvalue weighted by molar-refractivity contribution is -0.385. The van der Waals surface area contributed by atoms with E-state index < -0.39 is 10.9 Å². The quantitative estimate of drug-likeness (QED) is 0.441. The molecule has 0 spiro atoms. The lowest BCUT2D eigenvalue weighted by Crippen LogP contribution is -2.00. The number of carbonyl (C=O) groups is 1. The molecule has 0 aliphatic carbocycles. The molecular weight excluding hydrogens is 188 g/mol. The van der Waals surface area contributed by atoms with Crippen molar-refractivity contribution >= 4 is 17.2 Å². The number of carboxylic acids is 1. The fourth-order valence-corrected chi connectivity index (χ4v) is 0.782. The van der Waals surface area contributed by atoms with Gasteiger partial charge in [-0.2, -0.15) is 0 Å². The van der Waals surface area contributed by atoms with Crippen LogP contribution in [0.3, 0.4) is 0 Å². The van der Waals surface area contributed by atoms with Crippen LogP contribution in [0.1, 0.15) is 5.69 Å². The number of rotatable bonds is 3. The van der Waals surface area contributed by atoms with Crippen molar-refractivity contribution in [1.29, 1.82) is 0 Å². The lowest BCUT2D eigenvalue weighted by Gasteiger charge is -1.97. The maximum Gasteiger partial charge on any atom is 0.337 e. The Hall–Kier alpha value is -2.24. The Kier molecular flexibility index (Phi) is 2.57. The Morgan fingerprint density at radius 2 is 2.21 bits per heavy atom. The average Bonchev–Trinajstić information content (AvgIpc) is 2.16. The van der Waals surface area contributed by atoms with Crippen LogP contribution >= 0.6 is 0 Å². The van der Waals surface area contributed by atoms with Gasteiger partial charge < -0.3 is 5.11 Å². The second-order valence-electron chi connectivity index (χ2n) is 2.44. The van der Waals surface area contributed by atoms with Gasteiger partial charge in [-0.15, -0.1) is 0 Å². The highest BCUT2D eigenvalue weighted by Crippen LogP contribution is 2.13. The van der Waals surface area contributed by atoms with Gasteiger partial charge in [0.1, 0.15) is 6.20 Å². The number of aromatic nitrogens is 1. The van der Waals surface area contributed by atoms with Gasteiger partial charge >= 0.3 is 5.97 Å². The van der Waals surface area contributed by atoms with Crippen LogP contribution in [0, 0.1) is 10.1 Å². The Labute approximate surface area is 78.7 Å². The first kappa shape index (κ1) is 9.85. The van der Waals surface area contributed by atoms with E-state index in [1.807, 2.05) is 0 Å². The van der Waals surface area contributed by atoms with Gasteiger partial charge in [0.25, 0.3) is 5.69 Å². The smallest absolute Gasteiger partial charge is 0.337 e. The van der Waals surface area contributed by atoms with E-state index in [1.165, 1.54) is 12.1 Å². The molecular formula is C8H6N2O4. The Balaban J connectivity index is 3.00. The predicted molar refractivity (Wildman–Crippen MR) is 47.6 cm³/mol. The molecule has 0 unspecified atom stereocenters. The largest absolute Gasteiger partial charge is 0.478 e. The van der Waals surface area contributed by atoms with Crippen molar-refractivity contribution in [3.05, 3.63) is 40.7 Å². The summed E-state index contributed by atoms with van der Waals surface area (Å²) in [5, 5.41) is 18.8. The molecule has 0 atom stereocenters. The highest BCUT2D eigenvalue weighted by Gasteiger charge is 2.11. The van der Waals surface area contributed by atoms with Gasteiger partial charge in [0.15, 0.2) is 0 Å². The molecule has 0 saturated carbocycles. The molecule has 72 valence electrons. The molecule has 0 aliphatic heterocycles. The summed E-state index contributed by atoms with van der Waals surface area (Å²) in [6.45, 7) is 3.27. The first-order valence-corrected chi connectivity index (χ1v) is 3.55. The SMILES string of the molecule is C=C(C(=O)O)c1ccc([N+](=O)[O-])cn1. The summed E-state index contributed by atoms with van der Waals surface area (Å²) >= 11 is 0. The van der Waals surface area contributed by atoms with Crippen LogP contribution in [0.5, 0.6) is 0 Å². The molecule has 14 heavy (non-hydrogen) atoms. The van der Waals surface area contributed by atoms with Crippen LogP contribution in [0.15, 0.2) is 24.9 Å². The Morgan fingerprint density at radius 1 is 1.57 bits per heavy atom. The molecule has 1 aromatic heterocycles. The van der Waals surface area contributed by atoms with E-state index in [4.69, 9.17) is 5.11 Å². The van der Waals surface area contributed by atoms with Crippen molar-refractivity contribution < 1.29 is 14.8 Å². The highest BCUT2D eigenvalue weighted by molar-refractivity contribution is 6.13. The number of aliphatic carboxylic acids is 1. The minimum Gasteiger partial charge on any atom is -0.478 e. The fraction of sp³-hybridized carbons (Fsp3) is 0. The van der Waals surface area contributed by atoms with E-state index in [1.54, 1.807) is 0 Å². The maximum absolute atomic E-state index is 10.4. The molecule has 0 aromatic carbocycles. The minimum atomic E-state index is -1.20. The van der Waals surface area contributed by atoms with Gasteiger partial charge in [-0.1, -0.05) is 6.58 Å². The third-order valence-electron chi connectivity index (χ3n) is 1.53. The third kappa shape index (κ3) is 1.92. The number of hydrogen-bond acceptors (Lipinski definition) is 4. The summed E-state index contributed by atoms with van der Waals surface area (Å²) in [7, 11) is 0. The predicted octanol–water partition coefficient (Wildman–Crippen LogP) is 1.09. The first-order valence-electron chi connectivity index (χ1n) is 3.55. The second-order valence-corrected chi connectivity index (χ2v) is 2.44. The summed E-state index contributed by atoms with van der Waals surface area (Å²) < 4.78 is 0. The van der Waals surface area contributed by atoms with E-state index in [-0.39, 0.29) is 17.0 Å². The molecule has 1 heterocycles. The molecule has 1 rings (SSSR count). The standard InChI is InChI=1S/C8H6N2O4/c1-5(8(11)12)7-3-2-6(4-9-7)10(13)14/h2-4H,1H2,(H,11,12). The molecule has 0 radical (unpaired) electrons. The summed E-state index contributed by atoms with van der Waals surface area (Å²) in [4.78, 5) is 23.7. The lowest BCUT2D eigenvalue weighted by atomic mass is 10.2. The van der Waals surface area contributed by atoms with E-state index in [0.29, 0.717) is 0 Å². The molecule has 6 nitrogen and oxygen atoms in total. The first-order chi connectivity index (χ1) is 6.52. The van der Waals surface area contributed by atoms with Gasteiger partial charge in [0.05, 0.1) is 16.2 Å².